The molecule has 2 atom stereocenters. The van der Waals surface area contributed by atoms with Gasteiger partial charge in [0, 0.05) is 25.4 Å². The summed E-state index contributed by atoms with van der Waals surface area (Å²) in [5.74, 6) is -1.09. The molecule has 5 heteroatoms. The van der Waals surface area contributed by atoms with E-state index in [4.69, 9.17) is 5.73 Å². The van der Waals surface area contributed by atoms with E-state index in [0.29, 0.717) is 25.8 Å². The Balaban J connectivity index is 2.18. The molecule has 0 fully saturated rings. The third-order valence-electron chi connectivity index (χ3n) is 3.67. The van der Waals surface area contributed by atoms with Crippen LogP contribution in [-0.4, -0.2) is 34.0 Å². The number of hydrogen-bond donors (Lipinski definition) is 2. The van der Waals surface area contributed by atoms with Gasteiger partial charge in [-0.2, -0.15) is 0 Å². The first-order chi connectivity index (χ1) is 9.49. The van der Waals surface area contributed by atoms with Crippen molar-refractivity contribution in [3.05, 3.63) is 35.4 Å². The normalized spacial score (nSPS) is 19.3. The number of carbonyl (C=O) groups excluding carboxylic acids is 1. The minimum atomic E-state index is -0.950. The lowest BCUT2D eigenvalue weighted by molar-refractivity contribution is -0.151. The average Bonchev–Trinajstić information content (AvgIpc) is 2.43. The molecule has 1 aliphatic heterocycles. The molecule has 1 aliphatic rings. The van der Waals surface area contributed by atoms with E-state index in [1.807, 2.05) is 31.2 Å². The lowest BCUT2D eigenvalue weighted by Crippen LogP contribution is -2.48. The van der Waals surface area contributed by atoms with E-state index in [0.717, 1.165) is 11.1 Å². The summed E-state index contributed by atoms with van der Waals surface area (Å²) in [5.41, 5.74) is 7.69. The van der Waals surface area contributed by atoms with Gasteiger partial charge in [0.25, 0.3) is 0 Å². The highest BCUT2D eigenvalue weighted by molar-refractivity contribution is 5.84. The molecule has 0 radical (unpaired) electrons. The number of nitrogens with zero attached hydrogens (tertiary/aromatic N) is 1. The van der Waals surface area contributed by atoms with Crippen LogP contribution in [-0.2, 0) is 22.6 Å². The van der Waals surface area contributed by atoms with Gasteiger partial charge < -0.3 is 15.7 Å². The van der Waals surface area contributed by atoms with Gasteiger partial charge in [0.1, 0.15) is 6.04 Å². The first-order valence-corrected chi connectivity index (χ1v) is 6.83. The highest BCUT2D eigenvalue weighted by Crippen LogP contribution is 2.24. The Morgan fingerprint density at radius 2 is 2.05 bits per heavy atom. The van der Waals surface area contributed by atoms with Crippen molar-refractivity contribution in [3.8, 4) is 0 Å². The van der Waals surface area contributed by atoms with Gasteiger partial charge in [0.2, 0.25) is 5.91 Å². The maximum Gasteiger partial charge on any atom is 0.326 e. The zero-order chi connectivity index (χ0) is 14.7. The fourth-order valence-electron chi connectivity index (χ4n) is 2.50. The van der Waals surface area contributed by atoms with E-state index in [9.17, 15) is 14.7 Å². The Morgan fingerprint density at radius 1 is 1.40 bits per heavy atom. The van der Waals surface area contributed by atoms with Gasteiger partial charge in [-0.1, -0.05) is 24.3 Å². The Bertz CT molecular complexity index is 514. The van der Waals surface area contributed by atoms with Gasteiger partial charge in [0.15, 0.2) is 0 Å². The lowest BCUT2D eigenvalue weighted by atomic mass is 9.93. The highest BCUT2D eigenvalue weighted by Gasteiger charge is 2.34. The van der Waals surface area contributed by atoms with Crippen LogP contribution in [0.5, 0.6) is 0 Å². The topological polar surface area (TPSA) is 83.6 Å². The van der Waals surface area contributed by atoms with E-state index in [-0.39, 0.29) is 11.9 Å². The van der Waals surface area contributed by atoms with Crippen LogP contribution in [0, 0.1) is 0 Å². The first-order valence-electron chi connectivity index (χ1n) is 6.83. The Morgan fingerprint density at radius 3 is 2.65 bits per heavy atom. The number of rotatable bonds is 4. The summed E-state index contributed by atoms with van der Waals surface area (Å²) in [7, 11) is 0. The Labute approximate surface area is 118 Å². The molecule has 1 unspecified atom stereocenters. The molecule has 20 heavy (non-hydrogen) atoms. The predicted molar refractivity (Wildman–Crippen MR) is 75.0 cm³/mol. The molecular weight excluding hydrogens is 256 g/mol. The van der Waals surface area contributed by atoms with Crippen molar-refractivity contribution in [3.63, 3.8) is 0 Å². The maximum absolute atomic E-state index is 12.2. The number of aliphatic carboxylic acids is 1. The highest BCUT2D eigenvalue weighted by atomic mass is 16.4. The number of amides is 1. The molecule has 2 rings (SSSR count). The molecule has 1 amide bonds. The molecule has 0 aromatic heterocycles. The van der Waals surface area contributed by atoms with E-state index in [1.54, 1.807) is 0 Å². The summed E-state index contributed by atoms with van der Waals surface area (Å²) in [6, 6.07) is 6.84. The average molecular weight is 276 g/mol. The Kier molecular flexibility index (Phi) is 4.39. The van der Waals surface area contributed by atoms with Crippen LogP contribution in [0.15, 0.2) is 24.3 Å². The quantitative estimate of drug-likeness (QED) is 0.864. The van der Waals surface area contributed by atoms with Crippen LogP contribution in [0.2, 0.25) is 0 Å². The summed E-state index contributed by atoms with van der Waals surface area (Å²) >= 11 is 0. The van der Waals surface area contributed by atoms with Crippen LogP contribution < -0.4 is 5.73 Å². The smallest absolute Gasteiger partial charge is 0.326 e. The van der Waals surface area contributed by atoms with Crippen molar-refractivity contribution < 1.29 is 14.7 Å². The van der Waals surface area contributed by atoms with Crippen LogP contribution in [0.1, 0.15) is 30.9 Å². The second kappa shape index (κ2) is 6.05. The molecule has 1 aromatic rings. The first kappa shape index (κ1) is 14.5. The van der Waals surface area contributed by atoms with Crippen LogP contribution in [0.4, 0.5) is 0 Å². The third-order valence-corrected chi connectivity index (χ3v) is 3.67. The molecule has 108 valence electrons. The number of nitrogens with two attached hydrogens (primary N) is 1. The van der Waals surface area contributed by atoms with Gasteiger partial charge in [-0.15, -0.1) is 0 Å². The maximum atomic E-state index is 12.2. The molecular formula is C15H20N2O3. The number of carboxylic acid groups (broad SMARTS) is 1. The number of carbonyl (C=O) groups is 2. The number of benzene rings is 1. The molecule has 0 saturated heterocycles. The number of carboxylic acids is 1. The van der Waals surface area contributed by atoms with E-state index in [2.05, 4.69) is 0 Å². The van der Waals surface area contributed by atoms with Gasteiger partial charge in [-0.25, -0.2) is 4.79 Å². The molecule has 0 spiro atoms. The van der Waals surface area contributed by atoms with Crippen molar-refractivity contribution >= 4 is 11.9 Å². The van der Waals surface area contributed by atoms with E-state index in [1.165, 1.54) is 4.90 Å². The minimum absolute atomic E-state index is 0.0562. The summed E-state index contributed by atoms with van der Waals surface area (Å²) in [4.78, 5) is 25.1. The van der Waals surface area contributed by atoms with Crippen LogP contribution in [0.3, 0.4) is 0 Å². The largest absolute Gasteiger partial charge is 0.480 e. The fraction of sp³-hybridized carbons (Fsp3) is 0.467. The zero-order valence-corrected chi connectivity index (χ0v) is 11.6. The fourth-order valence-corrected chi connectivity index (χ4v) is 2.50. The van der Waals surface area contributed by atoms with Crippen molar-refractivity contribution in [1.29, 1.82) is 0 Å². The standard InChI is InChI=1S/C15H20N2O3/c1-10(16)6-7-14(18)17-9-12-5-3-2-4-11(12)8-13(17)15(19)20/h2-5,10,13H,6-9,16H2,1H3,(H,19,20)/t10?,13-/m1/s1. The molecule has 3 N–H and O–H groups in total. The predicted octanol–water partition coefficient (Wildman–Crippen LogP) is 1.15. The summed E-state index contributed by atoms with van der Waals surface area (Å²) in [6.45, 7) is 2.21. The molecule has 0 saturated carbocycles. The van der Waals surface area contributed by atoms with E-state index < -0.39 is 12.0 Å². The summed E-state index contributed by atoms with van der Waals surface area (Å²) in [6.07, 6.45) is 1.24. The molecule has 0 bridgehead atoms. The zero-order valence-electron chi connectivity index (χ0n) is 11.6. The van der Waals surface area contributed by atoms with Crippen molar-refractivity contribution in [2.24, 2.45) is 5.73 Å². The van der Waals surface area contributed by atoms with Gasteiger partial charge >= 0.3 is 5.97 Å². The van der Waals surface area contributed by atoms with Crippen molar-refractivity contribution in [2.45, 2.75) is 44.8 Å². The Hall–Kier alpha value is -1.88. The minimum Gasteiger partial charge on any atom is -0.480 e. The summed E-state index contributed by atoms with van der Waals surface area (Å²) < 4.78 is 0. The van der Waals surface area contributed by atoms with Gasteiger partial charge in [0.05, 0.1) is 0 Å². The molecule has 1 aromatic carbocycles. The van der Waals surface area contributed by atoms with Gasteiger partial charge in [-0.05, 0) is 24.5 Å². The van der Waals surface area contributed by atoms with Gasteiger partial charge in [-0.3, -0.25) is 4.79 Å². The lowest BCUT2D eigenvalue weighted by Gasteiger charge is -2.34. The second-order valence-corrected chi connectivity index (χ2v) is 5.36. The monoisotopic (exact) mass is 276 g/mol. The number of fused-ring (bicyclic) bond motifs is 1. The van der Waals surface area contributed by atoms with Crippen molar-refractivity contribution in [1.82, 2.24) is 4.90 Å². The van der Waals surface area contributed by atoms with Crippen LogP contribution >= 0.6 is 0 Å². The third kappa shape index (κ3) is 3.17. The molecule has 0 aliphatic carbocycles. The molecule has 1 heterocycles. The summed E-state index contributed by atoms with van der Waals surface area (Å²) in [5, 5.41) is 9.34. The molecule has 5 nitrogen and oxygen atoms in total. The van der Waals surface area contributed by atoms with Crippen LogP contribution in [0.25, 0.3) is 0 Å². The van der Waals surface area contributed by atoms with E-state index >= 15 is 0 Å². The SMILES string of the molecule is CC(N)CCC(=O)N1Cc2ccccc2C[C@@H]1C(=O)O. The number of hydrogen-bond acceptors (Lipinski definition) is 3. The second-order valence-electron chi connectivity index (χ2n) is 5.36. The van der Waals surface area contributed by atoms with Crippen molar-refractivity contribution in [2.75, 3.05) is 0 Å².